The largest absolute Gasteiger partial charge is 0.493 e. The molecule has 0 atom stereocenters. The van der Waals surface area contributed by atoms with Gasteiger partial charge < -0.3 is 10.1 Å². The van der Waals surface area contributed by atoms with Gasteiger partial charge in [-0.2, -0.15) is 0 Å². The van der Waals surface area contributed by atoms with E-state index in [4.69, 9.17) is 9.72 Å². The van der Waals surface area contributed by atoms with Crippen LogP contribution in [0.5, 0.6) is 5.75 Å². The van der Waals surface area contributed by atoms with E-state index >= 15 is 0 Å². The van der Waals surface area contributed by atoms with Crippen molar-refractivity contribution < 1.29 is 9.13 Å². The predicted molar refractivity (Wildman–Crippen MR) is 113 cm³/mol. The van der Waals surface area contributed by atoms with E-state index in [-0.39, 0.29) is 5.82 Å². The number of para-hydroxylation sites is 1. The highest BCUT2D eigenvalue weighted by Crippen LogP contribution is 2.35. The summed E-state index contributed by atoms with van der Waals surface area (Å²) in [6.45, 7) is 2.60. The van der Waals surface area contributed by atoms with Gasteiger partial charge in [-0.05, 0) is 48.9 Å². The third-order valence-electron chi connectivity index (χ3n) is 4.70. The van der Waals surface area contributed by atoms with Gasteiger partial charge in [-0.25, -0.2) is 9.37 Å². The molecule has 4 aromatic rings. The number of pyridine rings is 1. The lowest BCUT2D eigenvalue weighted by Crippen LogP contribution is -1.96. The van der Waals surface area contributed by atoms with Crippen LogP contribution in [0.4, 0.5) is 10.1 Å². The number of nitrogens with one attached hydrogen (secondary N) is 1. The Kier molecular flexibility index (Phi) is 4.94. The molecule has 0 unspecified atom stereocenters. The molecule has 0 saturated heterocycles. The van der Waals surface area contributed by atoms with E-state index in [1.165, 1.54) is 12.1 Å². The number of benzene rings is 3. The second-order valence-electron chi connectivity index (χ2n) is 6.48. The molecular formula is C24H21FN2O. The normalized spacial score (nSPS) is 10.8. The molecule has 1 N–H and O–H groups in total. The number of hydrogen-bond acceptors (Lipinski definition) is 3. The highest BCUT2D eigenvalue weighted by Gasteiger charge is 2.11. The Bertz CT molecular complexity index is 1140. The molecule has 0 bridgehead atoms. The molecule has 0 saturated carbocycles. The number of fused-ring (bicyclic) bond motifs is 1. The van der Waals surface area contributed by atoms with Gasteiger partial charge in [0, 0.05) is 29.2 Å². The average molecular weight is 372 g/mol. The summed E-state index contributed by atoms with van der Waals surface area (Å²) in [6.07, 6.45) is 0. The first-order valence-corrected chi connectivity index (χ1v) is 9.30. The Morgan fingerprint density at radius 2 is 1.79 bits per heavy atom. The summed E-state index contributed by atoms with van der Waals surface area (Å²) in [7, 11) is 1.88. The van der Waals surface area contributed by atoms with Crippen LogP contribution < -0.4 is 10.1 Å². The summed E-state index contributed by atoms with van der Waals surface area (Å²) < 4.78 is 19.4. The number of hydrogen-bond donors (Lipinski definition) is 1. The van der Waals surface area contributed by atoms with Crippen LogP contribution in [0.1, 0.15) is 6.92 Å². The molecule has 0 fully saturated rings. The number of ether oxygens (including phenoxy) is 1. The fourth-order valence-corrected chi connectivity index (χ4v) is 3.38. The van der Waals surface area contributed by atoms with Crippen molar-refractivity contribution in [1.29, 1.82) is 0 Å². The van der Waals surface area contributed by atoms with Crippen LogP contribution in [0.25, 0.3) is 33.3 Å². The van der Waals surface area contributed by atoms with Crippen molar-refractivity contribution in [3.8, 4) is 28.1 Å². The average Bonchev–Trinajstić information content (AvgIpc) is 2.73. The van der Waals surface area contributed by atoms with Gasteiger partial charge in [-0.3, -0.25) is 0 Å². The fraction of sp³-hybridized carbons (Fsp3) is 0.125. The summed E-state index contributed by atoms with van der Waals surface area (Å²) in [5, 5.41) is 4.25. The molecule has 0 amide bonds. The molecule has 3 nitrogen and oxygen atoms in total. The van der Waals surface area contributed by atoms with Crippen LogP contribution in [-0.2, 0) is 0 Å². The lowest BCUT2D eigenvalue weighted by Gasteiger charge is -2.13. The smallest absolute Gasteiger partial charge is 0.127 e. The van der Waals surface area contributed by atoms with Gasteiger partial charge in [0.1, 0.15) is 11.6 Å². The maximum absolute atomic E-state index is 13.6. The molecule has 4 rings (SSSR count). The zero-order valence-electron chi connectivity index (χ0n) is 15.9. The van der Waals surface area contributed by atoms with E-state index in [0.717, 1.165) is 44.7 Å². The maximum Gasteiger partial charge on any atom is 0.127 e. The zero-order chi connectivity index (χ0) is 19.5. The van der Waals surface area contributed by atoms with Crippen LogP contribution in [0.2, 0.25) is 0 Å². The molecule has 0 aliphatic carbocycles. The summed E-state index contributed by atoms with van der Waals surface area (Å²) in [6, 6.07) is 22.6. The third kappa shape index (κ3) is 3.41. The highest BCUT2D eigenvalue weighted by atomic mass is 19.1. The maximum atomic E-state index is 13.6. The Balaban J connectivity index is 1.86. The first-order chi connectivity index (χ1) is 13.7. The molecule has 0 radical (unpaired) electrons. The van der Waals surface area contributed by atoms with Gasteiger partial charge in [-0.15, -0.1) is 0 Å². The quantitative estimate of drug-likeness (QED) is 0.456. The SMILES string of the molecule is CCOc1ccccc1-c1ccc2nc(-c3cccc(F)c3)cc(NC)c2c1. The van der Waals surface area contributed by atoms with Crippen molar-refractivity contribution in [1.82, 2.24) is 4.98 Å². The second-order valence-corrected chi connectivity index (χ2v) is 6.48. The standard InChI is InChI=1S/C24H21FN2O/c1-3-28-24-10-5-4-9-19(24)16-11-12-21-20(14-16)23(26-2)15-22(27-21)17-7-6-8-18(25)13-17/h4-15H,3H2,1-2H3,(H,26,27). The molecule has 28 heavy (non-hydrogen) atoms. The van der Waals surface area contributed by atoms with Gasteiger partial charge in [0.05, 0.1) is 17.8 Å². The lowest BCUT2D eigenvalue weighted by atomic mass is 10.0. The van der Waals surface area contributed by atoms with Gasteiger partial charge in [0.2, 0.25) is 0 Å². The molecule has 4 heteroatoms. The van der Waals surface area contributed by atoms with Gasteiger partial charge in [-0.1, -0.05) is 36.4 Å². The first-order valence-electron chi connectivity index (χ1n) is 9.30. The van der Waals surface area contributed by atoms with Crippen molar-refractivity contribution in [3.63, 3.8) is 0 Å². The van der Waals surface area contributed by atoms with Crippen LogP contribution >= 0.6 is 0 Å². The summed E-state index contributed by atoms with van der Waals surface area (Å²) in [5.41, 5.74) is 5.39. The van der Waals surface area contributed by atoms with Gasteiger partial charge in [0.15, 0.2) is 0 Å². The molecule has 140 valence electrons. The minimum absolute atomic E-state index is 0.270. The summed E-state index contributed by atoms with van der Waals surface area (Å²) >= 11 is 0. The number of halogens is 1. The molecule has 1 aromatic heterocycles. The second kappa shape index (κ2) is 7.69. The minimum atomic E-state index is -0.270. The molecule has 1 heterocycles. The monoisotopic (exact) mass is 372 g/mol. The topological polar surface area (TPSA) is 34.1 Å². The Labute approximate surface area is 163 Å². The van der Waals surface area contributed by atoms with Gasteiger partial charge >= 0.3 is 0 Å². The molecule has 3 aromatic carbocycles. The first kappa shape index (κ1) is 18.0. The minimum Gasteiger partial charge on any atom is -0.493 e. The number of anilines is 1. The molecule has 0 aliphatic rings. The highest BCUT2D eigenvalue weighted by molar-refractivity contribution is 5.96. The van der Waals surface area contributed by atoms with Crippen molar-refractivity contribution in [2.24, 2.45) is 0 Å². The van der Waals surface area contributed by atoms with Crippen LogP contribution in [0.15, 0.2) is 72.8 Å². The van der Waals surface area contributed by atoms with Crippen molar-refractivity contribution in [3.05, 3.63) is 78.6 Å². The predicted octanol–water partition coefficient (Wildman–Crippen LogP) is 6.15. The van der Waals surface area contributed by atoms with E-state index in [2.05, 4.69) is 17.4 Å². The van der Waals surface area contributed by atoms with Crippen molar-refractivity contribution in [2.75, 3.05) is 19.0 Å². The Hall–Kier alpha value is -3.40. The van der Waals surface area contributed by atoms with E-state index in [0.29, 0.717) is 6.61 Å². The Morgan fingerprint density at radius 3 is 2.57 bits per heavy atom. The van der Waals surface area contributed by atoms with E-state index < -0.39 is 0 Å². The number of nitrogens with zero attached hydrogens (tertiary/aromatic N) is 1. The Morgan fingerprint density at radius 1 is 0.929 bits per heavy atom. The van der Waals surface area contributed by atoms with Crippen LogP contribution in [0, 0.1) is 5.82 Å². The van der Waals surface area contributed by atoms with E-state index in [1.807, 2.05) is 56.4 Å². The summed E-state index contributed by atoms with van der Waals surface area (Å²) in [4.78, 5) is 4.75. The van der Waals surface area contributed by atoms with E-state index in [1.54, 1.807) is 6.07 Å². The number of rotatable bonds is 5. The van der Waals surface area contributed by atoms with Crippen molar-refractivity contribution in [2.45, 2.75) is 6.92 Å². The number of aromatic nitrogens is 1. The summed E-state index contributed by atoms with van der Waals surface area (Å²) in [5.74, 6) is 0.591. The molecule has 0 spiro atoms. The molecule has 0 aliphatic heterocycles. The van der Waals surface area contributed by atoms with Crippen LogP contribution in [-0.4, -0.2) is 18.6 Å². The van der Waals surface area contributed by atoms with Crippen LogP contribution in [0.3, 0.4) is 0 Å². The fourth-order valence-electron chi connectivity index (χ4n) is 3.38. The van der Waals surface area contributed by atoms with Crippen molar-refractivity contribution >= 4 is 16.6 Å². The zero-order valence-corrected chi connectivity index (χ0v) is 15.9. The van der Waals surface area contributed by atoms with E-state index in [9.17, 15) is 4.39 Å². The third-order valence-corrected chi connectivity index (χ3v) is 4.70. The molecular weight excluding hydrogens is 351 g/mol. The lowest BCUT2D eigenvalue weighted by molar-refractivity contribution is 0.341. The van der Waals surface area contributed by atoms with Gasteiger partial charge in [0.25, 0.3) is 0 Å².